The molecule has 0 atom stereocenters. The number of aromatic amines is 1. The van der Waals surface area contributed by atoms with E-state index in [4.69, 9.17) is 0 Å². The predicted molar refractivity (Wildman–Crippen MR) is 75.4 cm³/mol. The van der Waals surface area contributed by atoms with Crippen molar-refractivity contribution in [3.63, 3.8) is 0 Å². The van der Waals surface area contributed by atoms with Crippen LogP contribution < -0.4 is 10.6 Å². The first kappa shape index (κ1) is 14.0. The summed E-state index contributed by atoms with van der Waals surface area (Å²) >= 11 is 0. The number of hydrogen-bond acceptors (Lipinski definition) is 5. The number of rotatable bonds is 7. The zero-order valence-corrected chi connectivity index (χ0v) is 11.4. The van der Waals surface area contributed by atoms with Crippen LogP contribution in [0.15, 0.2) is 24.7 Å². The summed E-state index contributed by atoms with van der Waals surface area (Å²) in [7, 11) is 0. The summed E-state index contributed by atoms with van der Waals surface area (Å²) in [5.74, 6) is 0.724. The summed E-state index contributed by atoms with van der Waals surface area (Å²) < 4.78 is 0. The molecule has 0 fully saturated rings. The number of aryl methyl sites for hydroxylation is 1. The Bertz CT molecular complexity index is 540. The smallest absolute Gasteiger partial charge is 0.269 e. The zero-order valence-electron chi connectivity index (χ0n) is 11.4. The van der Waals surface area contributed by atoms with Crippen molar-refractivity contribution < 1.29 is 4.79 Å². The second-order valence-electron chi connectivity index (χ2n) is 4.25. The zero-order chi connectivity index (χ0) is 14.2. The first-order chi connectivity index (χ1) is 9.79. The molecule has 7 nitrogen and oxygen atoms in total. The molecule has 106 valence electrons. The van der Waals surface area contributed by atoms with E-state index in [2.05, 4.69) is 30.8 Å². The maximum atomic E-state index is 11.7. The van der Waals surface area contributed by atoms with Crippen LogP contribution in [-0.2, 0) is 6.42 Å². The lowest BCUT2D eigenvalue weighted by molar-refractivity contribution is 0.0951. The van der Waals surface area contributed by atoms with Crippen molar-refractivity contribution in [2.24, 2.45) is 0 Å². The fourth-order valence-corrected chi connectivity index (χ4v) is 1.76. The van der Waals surface area contributed by atoms with E-state index in [0.717, 1.165) is 30.9 Å². The van der Waals surface area contributed by atoms with Crippen LogP contribution in [0, 0.1) is 0 Å². The highest BCUT2D eigenvalue weighted by molar-refractivity contribution is 5.93. The number of H-pyrrole nitrogens is 1. The Morgan fingerprint density at radius 3 is 3.05 bits per heavy atom. The second kappa shape index (κ2) is 7.22. The molecule has 0 aromatic carbocycles. The molecule has 7 heteroatoms. The van der Waals surface area contributed by atoms with Gasteiger partial charge in [0.1, 0.15) is 17.8 Å². The third-order valence-corrected chi connectivity index (χ3v) is 2.71. The quantitative estimate of drug-likeness (QED) is 0.654. The van der Waals surface area contributed by atoms with Gasteiger partial charge in [-0.1, -0.05) is 0 Å². The molecule has 2 aromatic rings. The third kappa shape index (κ3) is 4.04. The standard InChI is InChI=1S/C13H18N6O/c1-2-14-13(20)11-8-10(5-7-16-11)15-6-3-4-12-17-9-18-19-12/h5,7-9H,2-4,6H2,1H3,(H,14,20)(H,15,16)(H,17,18,19). The number of anilines is 1. The first-order valence-corrected chi connectivity index (χ1v) is 6.62. The summed E-state index contributed by atoms with van der Waals surface area (Å²) in [6.45, 7) is 3.26. The number of carbonyl (C=O) groups is 1. The van der Waals surface area contributed by atoms with Crippen molar-refractivity contribution >= 4 is 11.6 Å². The number of carbonyl (C=O) groups excluding carboxylic acids is 1. The van der Waals surface area contributed by atoms with E-state index >= 15 is 0 Å². The molecule has 0 aliphatic carbocycles. The molecule has 0 bridgehead atoms. The highest BCUT2D eigenvalue weighted by Gasteiger charge is 2.06. The van der Waals surface area contributed by atoms with Gasteiger partial charge in [0.15, 0.2) is 0 Å². The minimum atomic E-state index is -0.155. The molecular formula is C13H18N6O. The Balaban J connectivity index is 1.80. The van der Waals surface area contributed by atoms with Crippen molar-refractivity contribution in [3.8, 4) is 0 Å². The second-order valence-corrected chi connectivity index (χ2v) is 4.25. The van der Waals surface area contributed by atoms with E-state index in [1.807, 2.05) is 13.0 Å². The van der Waals surface area contributed by atoms with E-state index in [0.29, 0.717) is 12.2 Å². The summed E-state index contributed by atoms with van der Waals surface area (Å²) in [4.78, 5) is 19.8. The molecular weight excluding hydrogens is 256 g/mol. The average Bonchev–Trinajstić information content (AvgIpc) is 2.97. The maximum Gasteiger partial charge on any atom is 0.269 e. The monoisotopic (exact) mass is 274 g/mol. The molecule has 0 aliphatic rings. The van der Waals surface area contributed by atoms with Gasteiger partial charge in [-0.3, -0.25) is 14.9 Å². The average molecular weight is 274 g/mol. The number of amides is 1. The van der Waals surface area contributed by atoms with Crippen LogP contribution in [0.4, 0.5) is 5.69 Å². The van der Waals surface area contributed by atoms with Crippen molar-refractivity contribution in [3.05, 3.63) is 36.2 Å². The van der Waals surface area contributed by atoms with Crippen LogP contribution in [0.2, 0.25) is 0 Å². The van der Waals surface area contributed by atoms with E-state index in [1.54, 1.807) is 12.3 Å². The molecule has 0 saturated heterocycles. The molecule has 20 heavy (non-hydrogen) atoms. The van der Waals surface area contributed by atoms with E-state index in [9.17, 15) is 4.79 Å². The summed E-state index contributed by atoms with van der Waals surface area (Å²) in [5.41, 5.74) is 1.31. The van der Waals surface area contributed by atoms with Crippen molar-refractivity contribution in [2.45, 2.75) is 19.8 Å². The van der Waals surface area contributed by atoms with Gasteiger partial charge in [0.2, 0.25) is 0 Å². The summed E-state index contributed by atoms with van der Waals surface area (Å²) in [6.07, 6.45) is 4.89. The van der Waals surface area contributed by atoms with Crippen molar-refractivity contribution in [2.75, 3.05) is 18.4 Å². The lowest BCUT2D eigenvalue weighted by Crippen LogP contribution is -2.23. The van der Waals surface area contributed by atoms with Crippen LogP contribution >= 0.6 is 0 Å². The lowest BCUT2D eigenvalue weighted by Gasteiger charge is -2.07. The Morgan fingerprint density at radius 2 is 2.30 bits per heavy atom. The van der Waals surface area contributed by atoms with Crippen LogP contribution in [0.1, 0.15) is 29.7 Å². The SMILES string of the molecule is CCNC(=O)c1cc(NCCCc2ncn[nH]2)ccn1. The van der Waals surface area contributed by atoms with Crippen LogP contribution in [0.3, 0.4) is 0 Å². The molecule has 0 spiro atoms. The largest absolute Gasteiger partial charge is 0.385 e. The number of nitrogens with one attached hydrogen (secondary N) is 3. The number of nitrogens with zero attached hydrogens (tertiary/aromatic N) is 3. The minimum absolute atomic E-state index is 0.155. The topological polar surface area (TPSA) is 95.6 Å². The third-order valence-electron chi connectivity index (χ3n) is 2.71. The first-order valence-electron chi connectivity index (χ1n) is 6.62. The molecule has 3 N–H and O–H groups in total. The molecule has 0 aliphatic heterocycles. The lowest BCUT2D eigenvalue weighted by atomic mass is 10.2. The van der Waals surface area contributed by atoms with E-state index in [1.165, 1.54) is 6.33 Å². The van der Waals surface area contributed by atoms with Gasteiger partial charge < -0.3 is 10.6 Å². The van der Waals surface area contributed by atoms with Crippen molar-refractivity contribution in [1.82, 2.24) is 25.5 Å². The molecule has 0 saturated carbocycles. The van der Waals surface area contributed by atoms with Gasteiger partial charge in [-0.15, -0.1) is 0 Å². The molecule has 0 unspecified atom stereocenters. The van der Waals surface area contributed by atoms with Gasteiger partial charge >= 0.3 is 0 Å². The number of hydrogen-bond donors (Lipinski definition) is 3. The molecule has 2 aromatic heterocycles. The number of pyridine rings is 1. The van der Waals surface area contributed by atoms with Gasteiger partial charge in [-0.25, -0.2) is 4.98 Å². The predicted octanol–water partition coefficient (Wildman–Crippen LogP) is 0.994. The molecule has 2 rings (SSSR count). The Labute approximate surface area is 117 Å². The minimum Gasteiger partial charge on any atom is -0.385 e. The summed E-state index contributed by atoms with van der Waals surface area (Å²) in [6, 6.07) is 3.59. The number of aromatic nitrogens is 4. The Hall–Kier alpha value is -2.44. The van der Waals surface area contributed by atoms with Crippen molar-refractivity contribution in [1.29, 1.82) is 0 Å². The fraction of sp³-hybridized carbons (Fsp3) is 0.385. The van der Waals surface area contributed by atoms with Crippen LogP contribution in [0.5, 0.6) is 0 Å². The van der Waals surface area contributed by atoms with E-state index in [-0.39, 0.29) is 5.91 Å². The van der Waals surface area contributed by atoms with Crippen LogP contribution in [-0.4, -0.2) is 39.2 Å². The Morgan fingerprint density at radius 1 is 1.40 bits per heavy atom. The highest BCUT2D eigenvalue weighted by atomic mass is 16.1. The van der Waals surface area contributed by atoms with Gasteiger partial charge in [0.25, 0.3) is 5.91 Å². The van der Waals surface area contributed by atoms with Gasteiger partial charge in [-0.2, -0.15) is 5.10 Å². The van der Waals surface area contributed by atoms with Gasteiger partial charge in [0, 0.05) is 31.4 Å². The normalized spacial score (nSPS) is 10.2. The molecule has 1 amide bonds. The molecule has 2 heterocycles. The summed E-state index contributed by atoms with van der Waals surface area (Å²) in [5, 5.41) is 12.6. The highest BCUT2D eigenvalue weighted by Crippen LogP contribution is 2.08. The fourth-order valence-electron chi connectivity index (χ4n) is 1.76. The van der Waals surface area contributed by atoms with Gasteiger partial charge in [-0.05, 0) is 25.5 Å². The van der Waals surface area contributed by atoms with Gasteiger partial charge in [0.05, 0.1) is 0 Å². The van der Waals surface area contributed by atoms with Crippen LogP contribution in [0.25, 0.3) is 0 Å². The maximum absolute atomic E-state index is 11.7. The Kier molecular flexibility index (Phi) is 5.05. The van der Waals surface area contributed by atoms with E-state index < -0.39 is 0 Å². The molecule has 0 radical (unpaired) electrons.